The van der Waals surface area contributed by atoms with Gasteiger partial charge in [-0.25, -0.2) is 4.98 Å². The van der Waals surface area contributed by atoms with Crippen LogP contribution >= 0.6 is 23.2 Å². The van der Waals surface area contributed by atoms with Gasteiger partial charge >= 0.3 is 6.01 Å². The SMILES string of the molecule is C[C@@H](CO)Oc1nc(N2CCC(C)(C(N)=O)CC2)c2nc(-c3ccccc3Cl)n(-c3ccc(Cl)cc3)c2n1. The predicted octanol–water partition coefficient (Wildman–Crippen LogP) is 4.64. The molecule has 0 bridgehead atoms. The molecule has 0 unspecified atom stereocenters. The molecule has 1 fully saturated rings. The number of ether oxygens (including phenoxy) is 1. The Kier molecular flexibility index (Phi) is 7.17. The summed E-state index contributed by atoms with van der Waals surface area (Å²) >= 11 is 12.8. The highest BCUT2D eigenvalue weighted by atomic mass is 35.5. The number of hydrogen-bond acceptors (Lipinski definition) is 7. The van der Waals surface area contributed by atoms with Crippen LogP contribution in [0.15, 0.2) is 48.5 Å². The molecule has 1 aliphatic rings. The monoisotopic (exact) mass is 554 g/mol. The number of piperidine rings is 1. The second-order valence-corrected chi connectivity index (χ2v) is 10.6. The number of primary amides is 1. The van der Waals surface area contributed by atoms with Gasteiger partial charge in [-0.3, -0.25) is 9.36 Å². The van der Waals surface area contributed by atoms with Crippen molar-refractivity contribution in [1.82, 2.24) is 19.5 Å². The minimum Gasteiger partial charge on any atom is -0.458 e. The van der Waals surface area contributed by atoms with Crippen molar-refractivity contribution in [3.8, 4) is 23.1 Å². The molecule has 198 valence electrons. The number of aliphatic hydroxyl groups excluding tert-OH is 1. The van der Waals surface area contributed by atoms with E-state index in [4.69, 9.17) is 48.6 Å². The lowest BCUT2D eigenvalue weighted by Gasteiger charge is -2.37. The summed E-state index contributed by atoms with van der Waals surface area (Å²) in [5, 5.41) is 10.7. The Hall–Kier alpha value is -3.40. The van der Waals surface area contributed by atoms with Crippen LogP contribution < -0.4 is 15.4 Å². The molecule has 9 nitrogen and oxygen atoms in total. The Balaban J connectivity index is 1.74. The number of aromatic nitrogens is 4. The van der Waals surface area contributed by atoms with Gasteiger partial charge in [0.25, 0.3) is 0 Å². The van der Waals surface area contributed by atoms with Crippen LogP contribution in [0.2, 0.25) is 10.0 Å². The number of anilines is 1. The molecule has 1 amide bonds. The van der Waals surface area contributed by atoms with Crippen LogP contribution in [0.25, 0.3) is 28.2 Å². The van der Waals surface area contributed by atoms with Gasteiger partial charge in [-0.2, -0.15) is 9.97 Å². The first-order chi connectivity index (χ1) is 18.2. The highest BCUT2D eigenvalue weighted by Crippen LogP contribution is 2.38. The van der Waals surface area contributed by atoms with E-state index in [2.05, 4.69) is 4.90 Å². The molecule has 0 spiro atoms. The lowest BCUT2D eigenvalue weighted by atomic mass is 9.80. The third-order valence-corrected chi connectivity index (χ3v) is 7.57. The number of aliphatic hydroxyl groups is 1. The molecule has 4 aromatic rings. The molecule has 2 aromatic heterocycles. The topological polar surface area (TPSA) is 119 Å². The fraction of sp³-hybridized carbons (Fsp3) is 0.333. The largest absolute Gasteiger partial charge is 0.458 e. The number of fused-ring (bicyclic) bond motifs is 1. The summed E-state index contributed by atoms with van der Waals surface area (Å²) in [6.07, 6.45) is 0.633. The Morgan fingerprint density at radius 2 is 1.79 bits per heavy atom. The van der Waals surface area contributed by atoms with Crippen molar-refractivity contribution in [2.45, 2.75) is 32.8 Å². The van der Waals surface area contributed by atoms with Crippen LogP contribution in [-0.4, -0.2) is 56.3 Å². The maximum Gasteiger partial charge on any atom is 0.320 e. The summed E-state index contributed by atoms with van der Waals surface area (Å²) in [5.74, 6) is 0.844. The van der Waals surface area contributed by atoms with Gasteiger partial charge in [0.1, 0.15) is 11.9 Å². The van der Waals surface area contributed by atoms with Crippen molar-refractivity contribution in [1.29, 1.82) is 0 Å². The summed E-state index contributed by atoms with van der Waals surface area (Å²) in [6, 6.07) is 14.9. The van der Waals surface area contributed by atoms with Gasteiger partial charge in [-0.15, -0.1) is 0 Å². The van der Waals surface area contributed by atoms with Crippen molar-refractivity contribution in [3.05, 3.63) is 58.6 Å². The molecule has 0 radical (unpaired) electrons. The molecule has 1 aliphatic heterocycles. The van der Waals surface area contributed by atoms with E-state index in [1.165, 1.54) is 0 Å². The Morgan fingerprint density at radius 1 is 1.11 bits per heavy atom. The minimum absolute atomic E-state index is 0.109. The molecule has 2 aromatic carbocycles. The van der Waals surface area contributed by atoms with E-state index < -0.39 is 11.5 Å². The lowest BCUT2D eigenvalue weighted by Crippen LogP contribution is -2.45. The van der Waals surface area contributed by atoms with Crippen molar-refractivity contribution in [2.24, 2.45) is 11.1 Å². The quantitative estimate of drug-likeness (QED) is 0.341. The van der Waals surface area contributed by atoms with E-state index in [1.807, 2.05) is 47.9 Å². The predicted molar refractivity (Wildman–Crippen MR) is 148 cm³/mol. The summed E-state index contributed by atoms with van der Waals surface area (Å²) in [4.78, 5) is 28.6. The van der Waals surface area contributed by atoms with E-state index in [9.17, 15) is 9.90 Å². The van der Waals surface area contributed by atoms with Gasteiger partial charge in [0.05, 0.1) is 11.6 Å². The van der Waals surface area contributed by atoms with E-state index in [-0.39, 0.29) is 18.5 Å². The number of benzene rings is 2. The average Bonchev–Trinajstić information content (AvgIpc) is 3.28. The average molecular weight is 555 g/mol. The van der Waals surface area contributed by atoms with Gasteiger partial charge in [0.2, 0.25) is 5.91 Å². The molecule has 3 heterocycles. The first-order valence-corrected chi connectivity index (χ1v) is 13.1. The molecule has 0 aliphatic carbocycles. The number of imidazole rings is 1. The first-order valence-electron chi connectivity index (χ1n) is 12.3. The third kappa shape index (κ3) is 4.89. The minimum atomic E-state index is -0.585. The van der Waals surface area contributed by atoms with Crippen LogP contribution in [-0.2, 0) is 4.79 Å². The molecular formula is C27H28Cl2N6O3. The zero-order chi connectivity index (χ0) is 27.0. The number of nitrogens with zero attached hydrogens (tertiary/aromatic N) is 5. The second kappa shape index (κ2) is 10.4. The first kappa shape index (κ1) is 26.2. The molecule has 38 heavy (non-hydrogen) atoms. The maximum atomic E-state index is 12.1. The van der Waals surface area contributed by atoms with Gasteiger partial charge in [-0.05, 0) is 56.2 Å². The molecular weight excluding hydrogens is 527 g/mol. The summed E-state index contributed by atoms with van der Waals surface area (Å²) < 4.78 is 7.76. The third-order valence-electron chi connectivity index (χ3n) is 6.99. The van der Waals surface area contributed by atoms with Crippen molar-refractivity contribution < 1.29 is 14.6 Å². The summed E-state index contributed by atoms with van der Waals surface area (Å²) in [6.45, 7) is 4.53. The Bertz CT molecular complexity index is 1480. The number of halogens is 2. The lowest BCUT2D eigenvalue weighted by molar-refractivity contribution is -0.127. The molecule has 1 atom stereocenters. The fourth-order valence-corrected chi connectivity index (χ4v) is 4.88. The van der Waals surface area contributed by atoms with E-state index >= 15 is 0 Å². The zero-order valence-electron chi connectivity index (χ0n) is 21.1. The maximum absolute atomic E-state index is 12.1. The number of nitrogens with two attached hydrogens (primary N) is 1. The molecule has 3 N–H and O–H groups in total. The summed E-state index contributed by atoms with van der Waals surface area (Å²) in [7, 11) is 0. The van der Waals surface area contributed by atoms with Gasteiger partial charge in [-0.1, -0.05) is 42.3 Å². The zero-order valence-corrected chi connectivity index (χ0v) is 22.6. The van der Waals surface area contributed by atoms with Crippen LogP contribution in [0.5, 0.6) is 6.01 Å². The summed E-state index contributed by atoms with van der Waals surface area (Å²) in [5.41, 5.74) is 7.66. The van der Waals surface area contributed by atoms with E-state index in [1.54, 1.807) is 19.1 Å². The van der Waals surface area contributed by atoms with Crippen LogP contribution in [0.1, 0.15) is 26.7 Å². The van der Waals surface area contributed by atoms with Crippen molar-refractivity contribution >= 4 is 46.1 Å². The number of carbonyl (C=O) groups excluding carboxylic acids is 1. The van der Waals surface area contributed by atoms with Gasteiger partial charge < -0.3 is 20.5 Å². The highest BCUT2D eigenvalue weighted by Gasteiger charge is 2.37. The number of rotatable bonds is 7. The number of amides is 1. The molecule has 11 heteroatoms. The number of hydrogen-bond donors (Lipinski definition) is 2. The van der Waals surface area contributed by atoms with Crippen molar-refractivity contribution in [2.75, 3.05) is 24.6 Å². The molecule has 1 saturated heterocycles. The Morgan fingerprint density at radius 3 is 2.42 bits per heavy atom. The van der Waals surface area contributed by atoms with E-state index in [0.29, 0.717) is 58.8 Å². The van der Waals surface area contributed by atoms with E-state index in [0.717, 1.165) is 11.3 Å². The highest BCUT2D eigenvalue weighted by molar-refractivity contribution is 6.33. The van der Waals surface area contributed by atoms with Crippen LogP contribution in [0, 0.1) is 5.41 Å². The van der Waals surface area contributed by atoms with Gasteiger partial charge in [0, 0.05) is 34.8 Å². The smallest absolute Gasteiger partial charge is 0.320 e. The van der Waals surface area contributed by atoms with Crippen molar-refractivity contribution in [3.63, 3.8) is 0 Å². The standard InChI is InChI=1S/C27H28Cl2N6O3/c1-16(15-36)38-26-32-23(34-13-11-27(2,12-14-34)25(30)37)21-24(33-26)35(18-9-7-17(28)8-10-18)22(31-21)19-5-3-4-6-20(19)29/h3-10,16,36H,11-15H2,1-2H3,(H2,30,37)/t16-/m0/s1. The van der Waals surface area contributed by atoms with Gasteiger partial charge in [0.15, 0.2) is 17.0 Å². The fourth-order valence-electron chi connectivity index (χ4n) is 4.53. The van der Waals surface area contributed by atoms with Crippen LogP contribution in [0.3, 0.4) is 0 Å². The Labute approximate surface area is 230 Å². The van der Waals surface area contributed by atoms with Crippen LogP contribution in [0.4, 0.5) is 5.82 Å². The number of carbonyl (C=O) groups is 1. The molecule has 5 rings (SSSR count). The second-order valence-electron chi connectivity index (χ2n) is 9.75. The molecule has 0 saturated carbocycles. The normalized spacial score (nSPS) is 16.0.